The normalized spacial score (nSPS) is 13.2. The number of aryl methyl sites for hydroxylation is 1. The van der Waals surface area contributed by atoms with Crippen LogP contribution < -0.4 is 0 Å². The van der Waals surface area contributed by atoms with Gasteiger partial charge in [-0.1, -0.05) is 60.2 Å². The SMILES string of the molecule is Cc1cccc(Cn2c3c(c(C)c2C(=O)N(CCN(C)C)Cc2ccccc2)CCCC3)c1. The highest BCUT2D eigenvalue weighted by molar-refractivity contribution is 5.95. The molecule has 0 fully saturated rings. The zero-order chi connectivity index (χ0) is 23.4. The van der Waals surface area contributed by atoms with Crippen LogP contribution in [0.15, 0.2) is 54.6 Å². The van der Waals surface area contributed by atoms with E-state index in [1.54, 1.807) is 0 Å². The lowest BCUT2D eigenvalue weighted by Crippen LogP contribution is -2.37. The molecule has 3 aromatic rings. The first-order valence-electron chi connectivity index (χ1n) is 12.2. The van der Waals surface area contributed by atoms with Gasteiger partial charge in [0.2, 0.25) is 0 Å². The van der Waals surface area contributed by atoms with Crippen molar-refractivity contribution in [2.45, 2.75) is 52.6 Å². The monoisotopic (exact) mass is 443 g/mol. The summed E-state index contributed by atoms with van der Waals surface area (Å²) in [7, 11) is 4.13. The van der Waals surface area contributed by atoms with Crippen molar-refractivity contribution in [2.75, 3.05) is 27.2 Å². The van der Waals surface area contributed by atoms with Gasteiger partial charge in [-0.05, 0) is 75.9 Å². The predicted octanol–water partition coefficient (Wildman–Crippen LogP) is 5.24. The van der Waals surface area contributed by atoms with Gasteiger partial charge in [0.05, 0.1) is 0 Å². The van der Waals surface area contributed by atoms with E-state index in [-0.39, 0.29) is 5.91 Å². The molecule has 0 bridgehead atoms. The van der Waals surface area contributed by atoms with Gasteiger partial charge in [0.1, 0.15) is 5.69 Å². The van der Waals surface area contributed by atoms with E-state index < -0.39 is 0 Å². The second kappa shape index (κ2) is 10.4. The van der Waals surface area contributed by atoms with E-state index in [4.69, 9.17) is 0 Å². The first-order chi connectivity index (χ1) is 15.9. The van der Waals surface area contributed by atoms with E-state index in [1.807, 2.05) is 23.1 Å². The van der Waals surface area contributed by atoms with Crippen molar-refractivity contribution < 1.29 is 4.79 Å². The maximum Gasteiger partial charge on any atom is 0.271 e. The molecule has 0 atom stereocenters. The molecule has 2 aromatic carbocycles. The molecule has 174 valence electrons. The fourth-order valence-electron chi connectivity index (χ4n) is 5.04. The molecular formula is C29H37N3O. The zero-order valence-corrected chi connectivity index (χ0v) is 20.6. The number of aromatic nitrogens is 1. The van der Waals surface area contributed by atoms with Gasteiger partial charge >= 0.3 is 0 Å². The molecule has 0 aliphatic heterocycles. The molecule has 0 saturated heterocycles. The second-order valence-corrected chi connectivity index (χ2v) is 9.70. The van der Waals surface area contributed by atoms with Gasteiger partial charge in [0, 0.05) is 31.9 Å². The Balaban J connectivity index is 1.74. The van der Waals surface area contributed by atoms with Crippen LogP contribution in [0.2, 0.25) is 0 Å². The fourth-order valence-corrected chi connectivity index (χ4v) is 5.04. The van der Waals surface area contributed by atoms with Crippen molar-refractivity contribution in [3.8, 4) is 0 Å². The minimum absolute atomic E-state index is 0.153. The molecule has 33 heavy (non-hydrogen) atoms. The van der Waals surface area contributed by atoms with Crippen LogP contribution in [0.25, 0.3) is 0 Å². The van der Waals surface area contributed by atoms with Crippen LogP contribution in [0, 0.1) is 13.8 Å². The molecule has 4 nitrogen and oxygen atoms in total. The van der Waals surface area contributed by atoms with E-state index in [9.17, 15) is 4.79 Å². The number of benzene rings is 2. The molecular weight excluding hydrogens is 406 g/mol. The van der Waals surface area contributed by atoms with Gasteiger partial charge in [-0.25, -0.2) is 0 Å². The molecule has 0 unspecified atom stereocenters. The average molecular weight is 444 g/mol. The van der Waals surface area contributed by atoms with Gasteiger partial charge in [-0.3, -0.25) is 4.79 Å². The Kier molecular flexibility index (Phi) is 7.34. The van der Waals surface area contributed by atoms with Crippen LogP contribution in [0.4, 0.5) is 0 Å². The van der Waals surface area contributed by atoms with Crippen molar-refractivity contribution in [1.29, 1.82) is 0 Å². The van der Waals surface area contributed by atoms with E-state index in [1.165, 1.54) is 46.4 Å². The fraction of sp³-hybridized carbons (Fsp3) is 0.414. The van der Waals surface area contributed by atoms with Crippen molar-refractivity contribution in [3.05, 3.63) is 93.8 Å². The smallest absolute Gasteiger partial charge is 0.271 e. The third kappa shape index (κ3) is 5.39. The first-order valence-corrected chi connectivity index (χ1v) is 12.2. The summed E-state index contributed by atoms with van der Waals surface area (Å²) in [5.74, 6) is 0.153. The molecule has 0 radical (unpaired) electrons. The van der Waals surface area contributed by atoms with E-state index >= 15 is 0 Å². The number of rotatable bonds is 8. The number of likely N-dealkylation sites (N-methyl/N-ethyl adjacent to an activating group) is 1. The molecule has 1 amide bonds. The summed E-state index contributed by atoms with van der Waals surface area (Å²) in [6.45, 7) is 7.24. The molecule has 0 saturated carbocycles. The summed E-state index contributed by atoms with van der Waals surface area (Å²) in [6, 6.07) is 19.0. The Hall–Kier alpha value is -2.85. The predicted molar refractivity (Wildman–Crippen MR) is 136 cm³/mol. The molecule has 1 aromatic heterocycles. The number of nitrogens with zero attached hydrogens (tertiary/aromatic N) is 3. The van der Waals surface area contributed by atoms with E-state index in [2.05, 4.69) is 73.8 Å². The van der Waals surface area contributed by atoms with Crippen LogP contribution in [0.1, 0.15) is 56.8 Å². The van der Waals surface area contributed by atoms with Gasteiger partial charge in [-0.2, -0.15) is 0 Å². The van der Waals surface area contributed by atoms with Crippen LogP contribution in [-0.4, -0.2) is 47.5 Å². The van der Waals surface area contributed by atoms with E-state index in [0.717, 1.165) is 31.6 Å². The van der Waals surface area contributed by atoms with Crippen LogP contribution >= 0.6 is 0 Å². The summed E-state index contributed by atoms with van der Waals surface area (Å²) in [5.41, 5.74) is 8.54. The second-order valence-electron chi connectivity index (χ2n) is 9.70. The third-order valence-electron chi connectivity index (χ3n) is 6.79. The summed E-state index contributed by atoms with van der Waals surface area (Å²) < 4.78 is 2.34. The van der Waals surface area contributed by atoms with Crippen LogP contribution in [0.5, 0.6) is 0 Å². The number of carbonyl (C=O) groups excluding carboxylic acids is 1. The van der Waals surface area contributed by atoms with Gasteiger partial charge < -0.3 is 14.4 Å². The number of hydrogen-bond donors (Lipinski definition) is 0. The highest BCUT2D eigenvalue weighted by atomic mass is 16.2. The zero-order valence-electron chi connectivity index (χ0n) is 20.6. The van der Waals surface area contributed by atoms with Gasteiger partial charge in [0.25, 0.3) is 5.91 Å². The third-order valence-corrected chi connectivity index (χ3v) is 6.79. The van der Waals surface area contributed by atoms with E-state index in [0.29, 0.717) is 13.1 Å². The largest absolute Gasteiger partial charge is 0.336 e. The Labute approximate surface area is 198 Å². The Morgan fingerprint density at radius 2 is 1.64 bits per heavy atom. The lowest BCUT2D eigenvalue weighted by Gasteiger charge is -2.26. The Bertz CT molecular complexity index is 1100. The summed E-state index contributed by atoms with van der Waals surface area (Å²) in [4.78, 5) is 18.4. The van der Waals surface area contributed by atoms with Crippen LogP contribution in [0.3, 0.4) is 0 Å². The lowest BCUT2D eigenvalue weighted by molar-refractivity contribution is 0.0720. The highest BCUT2D eigenvalue weighted by Gasteiger charge is 2.29. The highest BCUT2D eigenvalue weighted by Crippen LogP contribution is 2.31. The Morgan fingerprint density at radius 1 is 0.909 bits per heavy atom. The minimum atomic E-state index is 0.153. The summed E-state index contributed by atoms with van der Waals surface area (Å²) >= 11 is 0. The lowest BCUT2D eigenvalue weighted by atomic mass is 9.95. The molecule has 1 heterocycles. The standard InChI is InChI=1S/C29H37N3O/c1-22-11-10-14-25(19-22)21-32-27-16-9-8-15-26(27)23(2)28(32)29(33)31(18-17-30(3)4)20-24-12-6-5-7-13-24/h5-7,10-14,19H,8-9,15-18,20-21H2,1-4H3. The van der Waals surface area contributed by atoms with Gasteiger partial charge in [0.15, 0.2) is 0 Å². The molecule has 1 aliphatic rings. The molecule has 4 rings (SSSR count). The van der Waals surface area contributed by atoms with Crippen molar-refractivity contribution in [1.82, 2.24) is 14.4 Å². The topological polar surface area (TPSA) is 28.5 Å². The number of fused-ring (bicyclic) bond motifs is 1. The molecule has 0 N–H and O–H groups in total. The average Bonchev–Trinajstić information content (AvgIpc) is 3.08. The van der Waals surface area contributed by atoms with Gasteiger partial charge in [-0.15, -0.1) is 0 Å². The Morgan fingerprint density at radius 3 is 2.36 bits per heavy atom. The minimum Gasteiger partial charge on any atom is -0.336 e. The maximum absolute atomic E-state index is 14.2. The number of carbonyl (C=O) groups is 1. The first kappa shape index (κ1) is 23.3. The maximum atomic E-state index is 14.2. The number of hydrogen-bond acceptors (Lipinski definition) is 2. The molecule has 1 aliphatic carbocycles. The molecule has 0 spiro atoms. The van der Waals surface area contributed by atoms with Crippen molar-refractivity contribution in [2.24, 2.45) is 0 Å². The summed E-state index contributed by atoms with van der Waals surface area (Å²) in [6.07, 6.45) is 4.56. The molecule has 4 heteroatoms. The summed E-state index contributed by atoms with van der Waals surface area (Å²) in [5, 5.41) is 0. The van der Waals surface area contributed by atoms with Crippen molar-refractivity contribution >= 4 is 5.91 Å². The number of amides is 1. The van der Waals surface area contributed by atoms with Crippen LogP contribution in [-0.2, 0) is 25.9 Å². The quantitative estimate of drug-likeness (QED) is 0.477. The van der Waals surface area contributed by atoms with Crippen molar-refractivity contribution in [3.63, 3.8) is 0 Å².